The van der Waals surface area contributed by atoms with E-state index in [0.717, 1.165) is 58.5 Å². The lowest BCUT2D eigenvalue weighted by Gasteiger charge is -2.12. The molecule has 3 aromatic carbocycles. The molecule has 0 atom stereocenters. The number of nitrogens with zero attached hydrogens (tertiary/aromatic N) is 4. The van der Waals surface area contributed by atoms with Crippen molar-refractivity contribution in [3.05, 3.63) is 89.6 Å². The highest BCUT2D eigenvalue weighted by molar-refractivity contribution is 6.31. The molecule has 5 rings (SSSR count). The van der Waals surface area contributed by atoms with E-state index in [1.165, 1.54) is 0 Å². The van der Waals surface area contributed by atoms with Gasteiger partial charge in [-0.15, -0.1) is 0 Å². The van der Waals surface area contributed by atoms with Crippen LogP contribution in [0.25, 0.3) is 33.3 Å². The molecule has 0 unspecified atom stereocenters. The number of aromatic nitrogens is 3. The predicted octanol–water partition coefficient (Wildman–Crippen LogP) is 6.28. The maximum Gasteiger partial charge on any atom is 0.141 e. The van der Waals surface area contributed by atoms with Gasteiger partial charge in [0.1, 0.15) is 5.82 Å². The zero-order valence-corrected chi connectivity index (χ0v) is 18.0. The first kappa shape index (κ1) is 20.0. The molecular formula is C26H20ClN5. The lowest BCUT2D eigenvalue weighted by Crippen LogP contribution is -2.08. The molecule has 0 amide bonds. The maximum absolute atomic E-state index is 9.26. The van der Waals surface area contributed by atoms with Crippen LogP contribution in [0.2, 0.25) is 5.02 Å². The number of hydrogen-bond acceptors (Lipinski definition) is 4. The minimum absolute atomic E-state index is 0.619. The van der Waals surface area contributed by atoms with Gasteiger partial charge in [0, 0.05) is 40.9 Å². The summed E-state index contributed by atoms with van der Waals surface area (Å²) in [5, 5.41) is 14.5. The van der Waals surface area contributed by atoms with Crippen LogP contribution in [0.3, 0.4) is 0 Å². The second kappa shape index (κ2) is 8.70. The summed E-state index contributed by atoms with van der Waals surface area (Å²) in [6.07, 6.45) is 2.70. The molecule has 32 heavy (non-hydrogen) atoms. The number of aryl methyl sites for hydroxylation is 1. The summed E-state index contributed by atoms with van der Waals surface area (Å²) >= 11 is 6.10. The molecule has 5 aromatic rings. The Morgan fingerprint density at radius 2 is 1.84 bits per heavy atom. The molecule has 2 heterocycles. The van der Waals surface area contributed by atoms with Crippen LogP contribution in [0.5, 0.6) is 0 Å². The van der Waals surface area contributed by atoms with Gasteiger partial charge in [-0.1, -0.05) is 41.9 Å². The first-order chi connectivity index (χ1) is 15.7. The largest absolute Gasteiger partial charge is 0.384 e. The first-order valence-electron chi connectivity index (χ1n) is 10.5. The molecule has 0 radical (unpaired) electrons. The van der Waals surface area contributed by atoms with E-state index < -0.39 is 0 Å². The van der Waals surface area contributed by atoms with Crippen molar-refractivity contribution < 1.29 is 0 Å². The molecule has 1 N–H and O–H groups in total. The van der Waals surface area contributed by atoms with Crippen molar-refractivity contribution in [1.82, 2.24) is 14.5 Å². The van der Waals surface area contributed by atoms with Crippen molar-refractivity contribution in [3.8, 4) is 17.5 Å². The van der Waals surface area contributed by atoms with E-state index in [0.29, 0.717) is 10.6 Å². The van der Waals surface area contributed by atoms with Gasteiger partial charge in [0.25, 0.3) is 0 Å². The Labute approximate surface area is 190 Å². The quantitative estimate of drug-likeness (QED) is 0.317. The van der Waals surface area contributed by atoms with Crippen LogP contribution in [0, 0.1) is 11.3 Å². The summed E-state index contributed by atoms with van der Waals surface area (Å²) < 4.78 is 2.23. The molecule has 6 heteroatoms. The third-order valence-corrected chi connectivity index (χ3v) is 5.72. The molecule has 2 aromatic heterocycles. The van der Waals surface area contributed by atoms with Gasteiger partial charge < -0.3 is 9.88 Å². The number of hydrogen-bond donors (Lipinski definition) is 1. The monoisotopic (exact) mass is 437 g/mol. The minimum Gasteiger partial charge on any atom is -0.384 e. The molecular weight excluding hydrogens is 418 g/mol. The molecule has 0 aliphatic rings. The van der Waals surface area contributed by atoms with Crippen LogP contribution >= 0.6 is 11.6 Å². The molecule has 156 valence electrons. The molecule has 0 saturated heterocycles. The second-order valence-corrected chi connectivity index (χ2v) is 8.01. The normalized spacial score (nSPS) is 11.0. The smallest absolute Gasteiger partial charge is 0.141 e. The highest BCUT2D eigenvalue weighted by Gasteiger charge is 2.13. The van der Waals surface area contributed by atoms with Crippen molar-refractivity contribution in [2.45, 2.75) is 13.0 Å². The summed E-state index contributed by atoms with van der Waals surface area (Å²) in [4.78, 5) is 9.25. The van der Waals surface area contributed by atoms with Crippen molar-refractivity contribution in [1.29, 1.82) is 5.26 Å². The highest BCUT2D eigenvalue weighted by atomic mass is 35.5. The van der Waals surface area contributed by atoms with Gasteiger partial charge >= 0.3 is 0 Å². The Morgan fingerprint density at radius 1 is 0.969 bits per heavy atom. The number of rotatable bonds is 6. The van der Waals surface area contributed by atoms with Gasteiger partial charge in [-0.2, -0.15) is 5.26 Å². The average molecular weight is 438 g/mol. The first-order valence-corrected chi connectivity index (χ1v) is 10.8. The Kier molecular flexibility index (Phi) is 5.45. The summed E-state index contributed by atoms with van der Waals surface area (Å²) in [6.45, 7) is 1.60. The number of anilines is 1. The zero-order chi connectivity index (χ0) is 21.9. The Hall–Kier alpha value is -3.88. The van der Waals surface area contributed by atoms with Crippen LogP contribution in [0.15, 0.2) is 79.0 Å². The third-order valence-electron chi connectivity index (χ3n) is 5.49. The highest BCUT2D eigenvalue weighted by Crippen LogP contribution is 2.27. The van der Waals surface area contributed by atoms with E-state index in [4.69, 9.17) is 16.6 Å². The maximum atomic E-state index is 9.26. The fourth-order valence-corrected chi connectivity index (χ4v) is 4.14. The number of benzene rings is 3. The second-order valence-electron chi connectivity index (χ2n) is 7.57. The Balaban J connectivity index is 1.39. The SMILES string of the molecule is N#Cc1ccc2c(c1)nc(-c1ccccc1)n2CCCNc1ccnc2cc(Cl)ccc12. The number of pyridine rings is 1. The van der Waals surface area contributed by atoms with Crippen LogP contribution in [-0.2, 0) is 6.54 Å². The average Bonchev–Trinajstić information content (AvgIpc) is 3.19. The molecule has 5 nitrogen and oxygen atoms in total. The number of imidazole rings is 1. The topological polar surface area (TPSA) is 66.5 Å². The fraction of sp³-hybridized carbons (Fsp3) is 0.115. The standard InChI is InChI=1S/C26H20ClN5/c27-20-8-9-21-22(11-13-30-23(21)16-20)29-12-4-14-32-25-10-7-18(17-28)15-24(25)31-26(32)19-5-2-1-3-6-19/h1-3,5-11,13,15-16H,4,12,14H2,(H,29,30). The van der Waals surface area contributed by atoms with E-state index in [1.54, 1.807) is 6.20 Å². The van der Waals surface area contributed by atoms with Crippen molar-refractivity contribution in [3.63, 3.8) is 0 Å². The van der Waals surface area contributed by atoms with Crippen molar-refractivity contribution in [2.75, 3.05) is 11.9 Å². The molecule has 0 bridgehead atoms. The summed E-state index contributed by atoms with van der Waals surface area (Å²) in [7, 11) is 0. The molecule has 0 spiro atoms. The van der Waals surface area contributed by atoms with Gasteiger partial charge in [0.2, 0.25) is 0 Å². The van der Waals surface area contributed by atoms with E-state index in [9.17, 15) is 5.26 Å². The van der Waals surface area contributed by atoms with Crippen LogP contribution in [-0.4, -0.2) is 21.1 Å². The van der Waals surface area contributed by atoms with E-state index in [-0.39, 0.29) is 0 Å². The molecule has 0 aliphatic heterocycles. The molecule has 0 saturated carbocycles. The number of nitrogens with one attached hydrogen (secondary N) is 1. The Morgan fingerprint density at radius 3 is 2.69 bits per heavy atom. The van der Waals surface area contributed by atoms with Gasteiger partial charge in [0.05, 0.1) is 28.2 Å². The van der Waals surface area contributed by atoms with Gasteiger partial charge in [-0.25, -0.2) is 4.98 Å². The van der Waals surface area contributed by atoms with Crippen molar-refractivity contribution in [2.24, 2.45) is 0 Å². The van der Waals surface area contributed by atoms with Crippen molar-refractivity contribution >= 4 is 39.2 Å². The summed E-state index contributed by atoms with van der Waals surface area (Å²) in [6, 6.07) is 25.8. The Bertz CT molecular complexity index is 1450. The number of fused-ring (bicyclic) bond motifs is 2. The lowest BCUT2D eigenvalue weighted by atomic mass is 10.2. The molecule has 0 fully saturated rings. The van der Waals surface area contributed by atoms with E-state index in [1.807, 2.05) is 60.7 Å². The number of nitriles is 1. The minimum atomic E-state index is 0.619. The van der Waals surface area contributed by atoms with Gasteiger partial charge in [-0.05, 0) is 48.9 Å². The third kappa shape index (κ3) is 3.89. The van der Waals surface area contributed by atoms with E-state index in [2.05, 4.69) is 33.1 Å². The molecule has 0 aliphatic carbocycles. The summed E-state index contributed by atoms with van der Waals surface area (Å²) in [5.41, 5.74) is 5.48. The van der Waals surface area contributed by atoms with Crippen LogP contribution in [0.1, 0.15) is 12.0 Å². The van der Waals surface area contributed by atoms with Crippen LogP contribution in [0.4, 0.5) is 5.69 Å². The predicted molar refractivity (Wildman–Crippen MR) is 130 cm³/mol. The van der Waals surface area contributed by atoms with Gasteiger partial charge in [0.15, 0.2) is 0 Å². The van der Waals surface area contributed by atoms with E-state index >= 15 is 0 Å². The van der Waals surface area contributed by atoms with Gasteiger partial charge in [-0.3, -0.25) is 4.98 Å². The zero-order valence-electron chi connectivity index (χ0n) is 17.3. The number of halogens is 1. The fourth-order valence-electron chi connectivity index (χ4n) is 3.97. The van der Waals surface area contributed by atoms with Crippen LogP contribution < -0.4 is 5.32 Å². The lowest BCUT2D eigenvalue weighted by molar-refractivity contribution is 0.684. The summed E-state index contributed by atoms with van der Waals surface area (Å²) in [5.74, 6) is 0.916.